The first-order valence-electron chi connectivity index (χ1n) is 5.95. The number of carbonyl (C=O) groups is 1. The van der Waals surface area contributed by atoms with Crippen LogP contribution in [0, 0.1) is 11.8 Å². The number of carbonyl (C=O) groups excluding carboxylic acids is 1. The molecule has 5 nitrogen and oxygen atoms in total. The number of nitrogens with zero attached hydrogens (tertiary/aromatic N) is 2. The molecule has 0 aliphatic carbocycles. The molecule has 1 amide bonds. The maximum Gasteiger partial charge on any atom is 0.235 e. The maximum atomic E-state index is 11.4. The molecule has 3 rings (SSSR count). The van der Waals surface area contributed by atoms with Gasteiger partial charge in [0.25, 0.3) is 0 Å². The predicted molar refractivity (Wildman–Crippen MR) is 65.3 cm³/mol. The molecule has 18 heavy (non-hydrogen) atoms. The zero-order valence-electron chi connectivity index (χ0n) is 9.86. The van der Waals surface area contributed by atoms with Crippen LogP contribution in [0.4, 0.5) is 0 Å². The summed E-state index contributed by atoms with van der Waals surface area (Å²) in [6, 6.07) is 1.93. The molecule has 0 radical (unpaired) electrons. The molecular formula is C13H13N4O+. The van der Waals surface area contributed by atoms with Crippen LogP contribution in [0.1, 0.15) is 18.5 Å². The van der Waals surface area contributed by atoms with Crippen LogP contribution < -0.4 is 4.98 Å². The van der Waals surface area contributed by atoms with Crippen LogP contribution in [-0.4, -0.2) is 33.9 Å². The third-order valence-electron chi connectivity index (χ3n) is 3.05. The summed E-state index contributed by atoms with van der Waals surface area (Å²) in [5.74, 6) is 6.25. The van der Waals surface area contributed by atoms with E-state index < -0.39 is 0 Å². The summed E-state index contributed by atoms with van der Waals surface area (Å²) in [5.41, 5.74) is 1.64. The second kappa shape index (κ2) is 4.49. The highest BCUT2D eigenvalue weighted by Gasteiger charge is 2.18. The van der Waals surface area contributed by atoms with Crippen LogP contribution in [0.5, 0.6) is 0 Å². The molecule has 5 heteroatoms. The van der Waals surface area contributed by atoms with E-state index >= 15 is 0 Å². The fourth-order valence-corrected chi connectivity index (χ4v) is 2.11. The molecule has 2 N–H and O–H groups in total. The first-order chi connectivity index (χ1) is 8.84. The van der Waals surface area contributed by atoms with E-state index in [0.29, 0.717) is 13.0 Å². The van der Waals surface area contributed by atoms with Gasteiger partial charge in [-0.1, -0.05) is 5.92 Å². The minimum absolute atomic E-state index is 0.199. The average Bonchev–Trinajstić information content (AvgIpc) is 2.99. The number of likely N-dealkylation sites (tertiary alicyclic amines) is 1. The van der Waals surface area contributed by atoms with Crippen molar-refractivity contribution in [2.75, 3.05) is 13.1 Å². The molecule has 2 aromatic heterocycles. The number of amides is 1. The number of aromatic nitrogens is 3. The van der Waals surface area contributed by atoms with Crippen molar-refractivity contribution in [2.45, 2.75) is 12.8 Å². The SMILES string of the molecule is O=C1CCCN1CC#Cc1nc[nH+]c2[nH]ccc12. The van der Waals surface area contributed by atoms with Gasteiger partial charge in [-0.3, -0.25) is 9.78 Å². The number of fused-ring (bicyclic) bond motifs is 1. The van der Waals surface area contributed by atoms with Crippen LogP contribution >= 0.6 is 0 Å². The van der Waals surface area contributed by atoms with E-state index in [2.05, 4.69) is 26.8 Å². The van der Waals surface area contributed by atoms with Crippen molar-refractivity contribution in [1.29, 1.82) is 0 Å². The van der Waals surface area contributed by atoms with Gasteiger partial charge in [0, 0.05) is 13.0 Å². The van der Waals surface area contributed by atoms with Gasteiger partial charge in [0.1, 0.15) is 5.39 Å². The predicted octanol–water partition coefficient (Wildman–Crippen LogP) is 0.351. The van der Waals surface area contributed by atoms with Gasteiger partial charge < -0.3 is 4.90 Å². The number of H-pyrrole nitrogens is 2. The van der Waals surface area contributed by atoms with Gasteiger partial charge in [-0.05, 0) is 18.4 Å². The van der Waals surface area contributed by atoms with Gasteiger partial charge in [-0.25, -0.2) is 4.98 Å². The Bertz CT molecular complexity index is 650. The lowest BCUT2D eigenvalue weighted by molar-refractivity contribution is -0.352. The second-order valence-electron chi connectivity index (χ2n) is 4.24. The van der Waals surface area contributed by atoms with E-state index in [1.54, 1.807) is 11.2 Å². The molecule has 0 bridgehead atoms. The smallest absolute Gasteiger partial charge is 0.235 e. The Balaban J connectivity index is 1.80. The summed E-state index contributed by atoms with van der Waals surface area (Å²) in [5, 5.41) is 0.970. The van der Waals surface area contributed by atoms with Crippen molar-refractivity contribution < 1.29 is 9.78 Å². The Kier molecular flexibility index (Phi) is 2.69. The fraction of sp³-hybridized carbons (Fsp3) is 0.308. The third-order valence-corrected chi connectivity index (χ3v) is 3.05. The van der Waals surface area contributed by atoms with Crippen LogP contribution in [-0.2, 0) is 4.79 Å². The minimum Gasteiger partial charge on any atom is -0.332 e. The van der Waals surface area contributed by atoms with Crippen molar-refractivity contribution >= 4 is 16.9 Å². The van der Waals surface area contributed by atoms with Crippen LogP contribution in [0.25, 0.3) is 11.0 Å². The third kappa shape index (κ3) is 1.93. The molecule has 0 unspecified atom stereocenters. The molecule has 1 aliphatic rings. The lowest BCUT2D eigenvalue weighted by Crippen LogP contribution is -2.24. The maximum absolute atomic E-state index is 11.4. The van der Waals surface area contributed by atoms with Crippen molar-refractivity contribution in [3.8, 4) is 11.8 Å². The molecule has 1 fully saturated rings. The van der Waals surface area contributed by atoms with E-state index in [9.17, 15) is 4.79 Å². The van der Waals surface area contributed by atoms with Crippen molar-refractivity contribution in [1.82, 2.24) is 14.9 Å². The minimum atomic E-state index is 0.199. The summed E-state index contributed by atoms with van der Waals surface area (Å²) < 4.78 is 0. The number of rotatable bonds is 1. The van der Waals surface area contributed by atoms with Gasteiger partial charge in [0.05, 0.1) is 12.7 Å². The molecule has 3 heterocycles. The monoisotopic (exact) mass is 241 g/mol. The van der Waals surface area contributed by atoms with Crippen LogP contribution in [0.15, 0.2) is 18.6 Å². The highest BCUT2D eigenvalue weighted by atomic mass is 16.2. The average molecular weight is 241 g/mol. The molecule has 0 spiro atoms. The molecule has 0 saturated carbocycles. The second-order valence-corrected chi connectivity index (χ2v) is 4.24. The summed E-state index contributed by atoms with van der Waals surface area (Å²) in [6.07, 6.45) is 5.06. The van der Waals surface area contributed by atoms with Crippen molar-refractivity contribution in [3.05, 3.63) is 24.3 Å². The summed E-state index contributed by atoms with van der Waals surface area (Å²) in [6.45, 7) is 1.31. The topological polar surface area (TPSA) is 63.1 Å². The van der Waals surface area contributed by atoms with Gasteiger partial charge in [0.15, 0.2) is 0 Å². The highest BCUT2D eigenvalue weighted by molar-refractivity contribution is 5.79. The molecule has 1 aliphatic heterocycles. The largest absolute Gasteiger partial charge is 0.332 e. The van der Waals surface area contributed by atoms with Crippen LogP contribution in [0.2, 0.25) is 0 Å². The van der Waals surface area contributed by atoms with Crippen molar-refractivity contribution in [2.24, 2.45) is 0 Å². The molecule has 1 saturated heterocycles. The fourth-order valence-electron chi connectivity index (χ4n) is 2.11. The normalized spacial score (nSPS) is 14.9. The van der Waals surface area contributed by atoms with Crippen molar-refractivity contribution in [3.63, 3.8) is 0 Å². The Hall–Kier alpha value is -2.35. The van der Waals surface area contributed by atoms with E-state index in [4.69, 9.17) is 0 Å². The van der Waals surface area contributed by atoms with E-state index in [-0.39, 0.29) is 5.91 Å². The first kappa shape index (κ1) is 10.8. The van der Waals surface area contributed by atoms with Gasteiger partial charge in [-0.15, -0.1) is 4.98 Å². The Morgan fingerprint density at radius 1 is 1.56 bits per heavy atom. The molecule has 0 atom stereocenters. The van der Waals surface area contributed by atoms with E-state index in [1.807, 2.05) is 12.3 Å². The highest BCUT2D eigenvalue weighted by Crippen LogP contribution is 2.10. The Morgan fingerprint density at radius 2 is 2.50 bits per heavy atom. The van der Waals surface area contributed by atoms with Gasteiger partial charge >= 0.3 is 0 Å². The molecule has 2 aromatic rings. The molecular weight excluding hydrogens is 228 g/mol. The Morgan fingerprint density at radius 3 is 3.33 bits per heavy atom. The van der Waals surface area contributed by atoms with Gasteiger partial charge in [0.2, 0.25) is 23.6 Å². The van der Waals surface area contributed by atoms with Gasteiger partial charge in [-0.2, -0.15) is 0 Å². The lowest BCUT2D eigenvalue weighted by Gasteiger charge is -2.09. The zero-order chi connectivity index (χ0) is 12.4. The summed E-state index contributed by atoms with van der Waals surface area (Å²) in [4.78, 5) is 23.5. The summed E-state index contributed by atoms with van der Waals surface area (Å²) >= 11 is 0. The number of hydrogen-bond donors (Lipinski definition) is 1. The zero-order valence-corrected chi connectivity index (χ0v) is 9.86. The van der Waals surface area contributed by atoms with Crippen LogP contribution in [0.3, 0.4) is 0 Å². The quantitative estimate of drug-likeness (QED) is 0.732. The standard InChI is InChI=1S/C13H12N4O/c18-12-4-2-8-17(12)7-1-3-11-10-5-6-14-13(10)16-9-15-11/h5-6,9H,2,4,7-8H2,(H,14,15,16)/p+1. The van der Waals surface area contributed by atoms with E-state index in [0.717, 1.165) is 29.7 Å². The molecule has 90 valence electrons. The number of hydrogen-bond acceptors (Lipinski definition) is 2. The number of nitrogens with one attached hydrogen (secondary N) is 2. The van der Waals surface area contributed by atoms with E-state index in [1.165, 1.54) is 0 Å². The lowest BCUT2D eigenvalue weighted by atomic mass is 10.3. The summed E-state index contributed by atoms with van der Waals surface area (Å²) in [7, 11) is 0. The first-order valence-corrected chi connectivity index (χ1v) is 5.95. The number of aromatic amines is 2. The Labute approximate surface area is 104 Å². The molecule has 0 aromatic carbocycles.